The molecule has 0 atom stereocenters. The van der Waals surface area contributed by atoms with Crippen molar-refractivity contribution in [2.45, 2.75) is 66.2 Å². The van der Waals surface area contributed by atoms with Crippen LogP contribution in [0.4, 0.5) is 0 Å². The summed E-state index contributed by atoms with van der Waals surface area (Å²) in [5.74, 6) is -0.846. The van der Waals surface area contributed by atoms with Gasteiger partial charge in [-0.2, -0.15) is 0 Å². The first kappa shape index (κ1) is 20.9. The second-order valence-corrected chi connectivity index (χ2v) is 4.30. The van der Waals surface area contributed by atoms with Crippen LogP contribution < -0.4 is 0 Å². The molecule has 0 saturated carbocycles. The number of carboxylic acids is 1. The normalized spacial score (nSPS) is 10.5. The molecule has 0 aliphatic rings. The number of hydrogen-bond donors (Lipinski definition) is 1. The molecule has 0 bridgehead atoms. The van der Waals surface area contributed by atoms with Crippen LogP contribution >= 0.6 is 0 Å². The molecule has 0 aromatic carbocycles. The second kappa shape index (κ2) is 15.7. The number of aliphatic imine (C=N–C) groups is 1. The van der Waals surface area contributed by atoms with Gasteiger partial charge in [0.05, 0.1) is 0 Å². The topological polar surface area (TPSA) is 76.0 Å². The Hall–Kier alpha value is -1.39. The van der Waals surface area contributed by atoms with Crippen molar-refractivity contribution in [1.29, 1.82) is 0 Å². The van der Waals surface area contributed by atoms with E-state index in [1.807, 2.05) is 13.8 Å². The van der Waals surface area contributed by atoms with E-state index in [0.717, 1.165) is 37.9 Å². The van der Waals surface area contributed by atoms with Crippen molar-refractivity contribution in [3.8, 4) is 0 Å². The number of unbranched alkanes of at least 4 members (excludes halogenated alkanes) is 1. The standard InChI is InChI=1S/C10H19NO2.C5H10O2/c1-4-7-9(11-6-3)8-13-10(12)5-2;1-2-3-4-5(6)7/h4-8H2,1-3H3;2-4H2,1H3,(H,6,7). The van der Waals surface area contributed by atoms with E-state index in [9.17, 15) is 9.59 Å². The van der Waals surface area contributed by atoms with Gasteiger partial charge in [0.2, 0.25) is 0 Å². The Bertz CT molecular complexity index is 288. The lowest BCUT2D eigenvalue weighted by molar-refractivity contribution is -0.141. The maximum atomic E-state index is 10.8. The first-order valence-corrected chi connectivity index (χ1v) is 7.41. The van der Waals surface area contributed by atoms with Crippen LogP contribution in [0, 0.1) is 0 Å². The van der Waals surface area contributed by atoms with Gasteiger partial charge in [-0.15, -0.1) is 0 Å². The molecule has 0 radical (unpaired) electrons. The Morgan fingerprint density at radius 1 is 1.05 bits per heavy atom. The van der Waals surface area contributed by atoms with Gasteiger partial charge in [-0.25, -0.2) is 0 Å². The van der Waals surface area contributed by atoms with Crippen molar-refractivity contribution in [3.05, 3.63) is 0 Å². The van der Waals surface area contributed by atoms with Gasteiger partial charge in [0.1, 0.15) is 6.61 Å². The van der Waals surface area contributed by atoms with Crippen molar-refractivity contribution in [2.75, 3.05) is 13.2 Å². The Morgan fingerprint density at radius 2 is 1.70 bits per heavy atom. The second-order valence-electron chi connectivity index (χ2n) is 4.30. The fourth-order valence-corrected chi connectivity index (χ4v) is 1.30. The molecule has 0 spiro atoms. The number of carbonyl (C=O) groups is 2. The summed E-state index contributed by atoms with van der Waals surface area (Å²) in [6.45, 7) is 8.97. The smallest absolute Gasteiger partial charge is 0.305 e. The van der Waals surface area contributed by atoms with Gasteiger partial charge in [-0.3, -0.25) is 14.6 Å². The third kappa shape index (κ3) is 16.6. The molecular formula is C15H29NO4. The summed E-state index contributed by atoms with van der Waals surface area (Å²) in [6, 6.07) is 0. The van der Waals surface area contributed by atoms with Crippen LogP contribution in [-0.4, -0.2) is 35.9 Å². The molecule has 0 aromatic heterocycles. The monoisotopic (exact) mass is 287 g/mol. The Balaban J connectivity index is 0. The van der Waals surface area contributed by atoms with Gasteiger partial charge >= 0.3 is 11.9 Å². The molecule has 20 heavy (non-hydrogen) atoms. The number of rotatable bonds is 9. The molecule has 5 nitrogen and oxygen atoms in total. The molecule has 0 rings (SSSR count). The van der Waals surface area contributed by atoms with Crippen molar-refractivity contribution in [1.82, 2.24) is 0 Å². The molecule has 0 heterocycles. The summed E-state index contributed by atoms with van der Waals surface area (Å²) < 4.78 is 4.99. The summed E-state index contributed by atoms with van der Waals surface area (Å²) >= 11 is 0. The summed E-state index contributed by atoms with van der Waals surface area (Å²) in [4.78, 5) is 24.9. The van der Waals surface area contributed by atoms with Gasteiger partial charge in [0, 0.05) is 25.1 Å². The lowest BCUT2D eigenvalue weighted by atomic mass is 10.2. The van der Waals surface area contributed by atoms with E-state index in [0.29, 0.717) is 19.4 Å². The molecule has 5 heteroatoms. The zero-order valence-corrected chi connectivity index (χ0v) is 13.3. The third-order valence-electron chi connectivity index (χ3n) is 2.35. The third-order valence-corrected chi connectivity index (χ3v) is 2.35. The van der Waals surface area contributed by atoms with E-state index in [2.05, 4.69) is 11.9 Å². The van der Waals surface area contributed by atoms with E-state index < -0.39 is 5.97 Å². The minimum atomic E-state index is -0.693. The van der Waals surface area contributed by atoms with Gasteiger partial charge < -0.3 is 9.84 Å². The lowest BCUT2D eigenvalue weighted by Gasteiger charge is -2.05. The minimum Gasteiger partial charge on any atom is -0.481 e. The van der Waals surface area contributed by atoms with E-state index in [-0.39, 0.29) is 5.97 Å². The SMILES string of the molecule is CCCC(COC(=O)CC)=NCC.CCCCC(=O)O. The summed E-state index contributed by atoms with van der Waals surface area (Å²) in [7, 11) is 0. The lowest BCUT2D eigenvalue weighted by Crippen LogP contribution is -2.13. The predicted molar refractivity (Wildman–Crippen MR) is 81.3 cm³/mol. The van der Waals surface area contributed by atoms with Gasteiger partial charge in [0.15, 0.2) is 0 Å². The molecular weight excluding hydrogens is 258 g/mol. The highest BCUT2D eigenvalue weighted by atomic mass is 16.5. The maximum Gasteiger partial charge on any atom is 0.305 e. The highest BCUT2D eigenvalue weighted by Gasteiger charge is 2.02. The zero-order chi connectivity index (χ0) is 15.8. The average molecular weight is 287 g/mol. The number of nitrogens with zero attached hydrogens (tertiary/aromatic N) is 1. The number of hydrogen-bond acceptors (Lipinski definition) is 4. The van der Waals surface area contributed by atoms with Crippen molar-refractivity contribution in [2.24, 2.45) is 4.99 Å². The fourth-order valence-electron chi connectivity index (χ4n) is 1.30. The zero-order valence-electron chi connectivity index (χ0n) is 13.3. The average Bonchev–Trinajstić information content (AvgIpc) is 2.43. The molecule has 0 aliphatic heterocycles. The first-order valence-electron chi connectivity index (χ1n) is 7.41. The number of carbonyl (C=O) groups excluding carboxylic acids is 1. The van der Waals surface area contributed by atoms with Crippen molar-refractivity contribution < 1.29 is 19.4 Å². The van der Waals surface area contributed by atoms with Crippen LogP contribution in [0.3, 0.4) is 0 Å². The van der Waals surface area contributed by atoms with Crippen molar-refractivity contribution >= 4 is 17.7 Å². The predicted octanol–water partition coefficient (Wildman–Crippen LogP) is 3.46. The highest BCUT2D eigenvalue weighted by molar-refractivity contribution is 5.87. The largest absolute Gasteiger partial charge is 0.481 e. The number of carboxylic acid groups (broad SMARTS) is 1. The molecule has 0 fully saturated rings. The van der Waals surface area contributed by atoms with Gasteiger partial charge in [-0.05, 0) is 19.8 Å². The van der Waals surface area contributed by atoms with E-state index in [4.69, 9.17) is 9.84 Å². The minimum absolute atomic E-state index is 0.153. The molecule has 0 amide bonds. The van der Waals surface area contributed by atoms with E-state index in [1.54, 1.807) is 6.92 Å². The number of esters is 1. The quantitative estimate of drug-likeness (QED) is 0.520. The maximum absolute atomic E-state index is 10.8. The van der Waals surface area contributed by atoms with Crippen LogP contribution in [0.25, 0.3) is 0 Å². The highest BCUT2D eigenvalue weighted by Crippen LogP contribution is 1.95. The molecule has 0 unspecified atom stereocenters. The van der Waals surface area contributed by atoms with Crippen LogP contribution in [0.5, 0.6) is 0 Å². The van der Waals surface area contributed by atoms with Gasteiger partial charge in [-0.1, -0.05) is 33.6 Å². The van der Waals surface area contributed by atoms with Crippen LogP contribution in [0.1, 0.15) is 66.2 Å². The molecule has 118 valence electrons. The van der Waals surface area contributed by atoms with Crippen molar-refractivity contribution in [3.63, 3.8) is 0 Å². The summed E-state index contributed by atoms with van der Waals surface area (Å²) in [6.07, 6.45) is 4.48. The first-order chi connectivity index (χ1) is 9.51. The van der Waals surface area contributed by atoms with E-state index in [1.165, 1.54) is 0 Å². The fraction of sp³-hybridized carbons (Fsp3) is 0.800. The molecule has 1 N–H and O–H groups in total. The summed E-state index contributed by atoms with van der Waals surface area (Å²) in [5, 5.41) is 8.04. The molecule has 0 aromatic rings. The number of aliphatic carboxylic acids is 1. The number of ether oxygens (including phenoxy) is 1. The Labute approximate surface area is 122 Å². The van der Waals surface area contributed by atoms with Crippen LogP contribution in [0.15, 0.2) is 4.99 Å². The van der Waals surface area contributed by atoms with Crippen LogP contribution in [-0.2, 0) is 14.3 Å². The Kier molecular flexibility index (Phi) is 16.4. The van der Waals surface area contributed by atoms with E-state index >= 15 is 0 Å². The van der Waals surface area contributed by atoms with Crippen LogP contribution in [0.2, 0.25) is 0 Å². The molecule has 0 saturated heterocycles. The summed E-state index contributed by atoms with van der Waals surface area (Å²) in [5.41, 5.74) is 0.992. The van der Waals surface area contributed by atoms with Gasteiger partial charge in [0.25, 0.3) is 0 Å². The molecule has 0 aliphatic carbocycles. The Morgan fingerprint density at radius 3 is 2.05 bits per heavy atom.